The highest BCUT2D eigenvalue weighted by Gasteiger charge is 2.27. The maximum absolute atomic E-state index is 5.60. The van der Waals surface area contributed by atoms with Crippen LogP contribution in [0.25, 0.3) is 0 Å². The molecule has 0 amide bonds. The summed E-state index contributed by atoms with van der Waals surface area (Å²) >= 11 is 0. The van der Waals surface area contributed by atoms with Gasteiger partial charge in [-0.1, -0.05) is 30.3 Å². The third-order valence-electron chi connectivity index (χ3n) is 3.72. The van der Waals surface area contributed by atoms with Crippen LogP contribution in [0.4, 0.5) is 0 Å². The van der Waals surface area contributed by atoms with Crippen LogP contribution >= 0.6 is 0 Å². The zero-order valence-corrected chi connectivity index (χ0v) is 11.2. The highest BCUT2D eigenvalue weighted by molar-refractivity contribution is 5.22. The molecule has 2 heterocycles. The summed E-state index contributed by atoms with van der Waals surface area (Å²) in [6, 6.07) is 15.6. The summed E-state index contributed by atoms with van der Waals surface area (Å²) < 4.78 is 5.60. The predicted molar refractivity (Wildman–Crippen MR) is 75.9 cm³/mol. The summed E-state index contributed by atoms with van der Waals surface area (Å²) in [5, 5.41) is 7.17. The van der Waals surface area contributed by atoms with Crippen molar-refractivity contribution in [1.29, 1.82) is 0 Å². The van der Waals surface area contributed by atoms with E-state index >= 15 is 0 Å². The van der Waals surface area contributed by atoms with Gasteiger partial charge in [0.1, 0.15) is 11.5 Å². The zero-order chi connectivity index (χ0) is 13.1. The van der Waals surface area contributed by atoms with E-state index in [4.69, 9.17) is 4.42 Å². The van der Waals surface area contributed by atoms with E-state index in [2.05, 4.69) is 41.0 Å². The lowest BCUT2D eigenvalue weighted by Crippen LogP contribution is -2.33. The Balaban J connectivity index is 1.64. The lowest BCUT2D eigenvalue weighted by molar-refractivity contribution is 0.410. The van der Waals surface area contributed by atoms with Crippen molar-refractivity contribution in [2.24, 2.45) is 0 Å². The van der Waals surface area contributed by atoms with Gasteiger partial charge < -0.3 is 15.1 Å². The molecule has 2 atom stereocenters. The molecule has 2 aromatic rings. The van der Waals surface area contributed by atoms with E-state index in [1.165, 1.54) is 5.56 Å². The first-order valence-electron chi connectivity index (χ1n) is 6.90. The van der Waals surface area contributed by atoms with Crippen molar-refractivity contribution in [3.8, 4) is 0 Å². The second-order valence-electron chi connectivity index (χ2n) is 5.13. The van der Waals surface area contributed by atoms with Gasteiger partial charge in [-0.2, -0.15) is 0 Å². The number of benzene rings is 1. The van der Waals surface area contributed by atoms with Gasteiger partial charge in [-0.15, -0.1) is 0 Å². The fourth-order valence-electron chi connectivity index (χ4n) is 2.75. The van der Waals surface area contributed by atoms with Crippen LogP contribution in [-0.2, 0) is 6.54 Å². The highest BCUT2D eigenvalue weighted by Crippen LogP contribution is 2.23. The van der Waals surface area contributed by atoms with Crippen LogP contribution < -0.4 is 10.6 Å². The normalized spacial score (nSPS) is 22.8. The Morgan fingerprint density at radius 2 is 2.05 bits per heavy atom. The molecule has 3 rings (SSSR count). The van der Waals surface area contributed by atoms with E-state index in [0.717, 1.165) is 31.0 Å². The van der Waals surface area contributed by atoms with E-state index in [1.54, 1.807) is 0 Å². The summed E-state index contributed by atoms with van der Waals surface area (Å²) in [6.45, 7) is 3.84. The van der Waals surface area contributed by atoms with Crippen LogP contribution in [0.1, 0.15) is 29.5 Å². The molecule has 1 aliphatic rings. The first-order chi connectivity index (χ1) is 9.33. The predicted octanol–water partition coefficient (Wildman–Crippen LogP) is 2.78. The zero-order valence-electron chi connectivity index (χ0n) is 11.2. The highest BCUT2D eigenvalue weighted by atomic mass is 16.3. The van der Waals surface area contributed by atoms with E-state index in [1.807, 2.05) is 19.1 Å². The molecule has 1 aromatic heterocycles. The first-order valence-corrected chi connectivity index (χ1v) is 6.90. The lowest BCUT2D eigenvalue weighted by atomic mass is 10.0. The largest absolute Gasteiger partial charge is 0.465 e. The minimum atomic E-state index is 0.400. The molecule has 3 nitrogen and oxygen atoms in total. The Morgan fingerprint density at radius 1 is 1.21 bits per heavy atom. The number of nitrogens with one attached hydrogen (secondary N) is 2. The molecule has 1 aromatic carbocycles. The first kappa shape index (κ1) is 12.5. The van der Waals surface area contributed by atoms with Crippen LogP contribution in [0, 0.1) is 6.92 Å². The second-order valence-corrected chi connectivity index (χ2v) is 5.13. The van der Waals surface area contributed by atoms with Crippen LogP contribution in [0.5, 0.6) is 0 Å². The van der Waals surface area contributed by atoms with Gasteiger partial charge in [0.05, 0.1) is 6.54 Å². The summed E-state index contributed by atoms with van der Waals surface area (Å²) in [6.07, 6.45) is 1.15. The number of hydrogen-bond donors (Lipinski definition) is 2. The molecule has 1 fully saturated rings. The molecule has 0 unspecified atom stereocenters. The molecular weight excluding hydrogens is 236 g/mol. The molecule has 1 aliphatic heterocycles. The lowest BCUT2D eigenvalue weighted by Gasteiger charge is -2.20. The van der Waals surface area contributed by atoms with Crippen LogP contribution in [-0.4, -0.2) is 12.6 Å². The molecule has 0 radical (unpaired) electrons. The van der Waals surface area contributed by atoms with Crippen molar-refractivity contribution in [3.63, 3.8) is 0 Å². The van der Waals surface area contributed by atoms with Crippen molar-refractivity contribution >= 4 is 0 Å². The van der Waals surface area contributed by atoms with Crippen molar-refractivity contribution in [2.45, 2.75) is 32.0 Å². The SMILES string of the molecule is Cc1ccc(CN[C@@H]2CCN[C@@H]2c2ccccc2)o1. The van der Waals surface area contributed by atoms with Gasteiger partial charge in [-0.25, -0.2) is 0 Å². The van der Waals surface area contributed by atoms with Gasteiger partial charge >= 0.3 is 0 Å². The summed E-state index contributed by atoms with van der Waals surface area (Å²) in [5.74, 6) is 1.98. The van der Waals surface area contributed by atoms with Gasteiger partial charge in [0.2, 0.25) is 0 Å². The maximum Gasteiger partial charge on any atom is 0.117 e. The number of furan rings is 1. The van der Waals surface area contributed by atoms with Crippen molar-refractivity contribution in [3.05, 3.63) is 59.5 Å². The van der Waals surface area contributed by atoms with Gasteiger partial charge in [0, 0.05) is 12.1 Å². The summed E-state index contributed by atoms with van der Waals surface area (Å²) in [4.78, 5) is 0. The molecule has 0 aliphatic carbocycles. The fraction of sp³-hybridized carbons (Fsp3) is 0.375. The Hall–Kier alpha value is -1.58. The van der Waals surface area contributed by atoms with E-state index in [-0.39, 0.29) is 0 Å². The molecule has 0 bridgehead atoms. The summed E-state index contributed by atoms with van der Waals surface area (Å²) in [7, 11) is 0. The Bertz CT molecular complexity index is 521. The molecule has 0 spiro atoms. The molecule has 1 saturated heterocycles. The fourth-order valence-corrected chi connectivity index (χ4v) is 2.75. The van der Waals surface area contributed by atoms with Gasteiger partial charge in [0.25, 0.3) is 0 Å². The standard InChI is InChI=1S/C16H20N2O/c1-12-7-8-14(19-12)11-18-15-9-10-17-16(15)13-5-3-2-4-6-13/h2-8,15-18H,9-11H2,1H3/t15-,16-/m1/s1. The number of rotatable bonds is 4. The molecule has 2 N–H and O–H groups in total. The molecule has 3 heteroatoms. The Morgan fingerprint density at radius 3 is 2.79 bits per heavy atom. The number of aryl methyl sites for hydroxylation is 1. The molecular formula is C16H20N2O. The topological polar surface area (TPSA) is 37.2 Å². The minimum Gasteiger partial charge on any atom is -0.465 e. The van der Waals surface area contributed by atoms with Gasteiger partial charge in [-0.05, 0) is 37.6 Å². The maximum atomic E-state index is 5.60. The van der Waals surface area contributed by atoms with Gasteiger partial charge in [0.15, 0.2) is 0 Å². The van der Waals surface area contributed by atoms with Gasteiger partial charge in [-0.3, -0.25) is 0 Å². The molecule has 19 heavy (non-hydrogen) atoms. The minimum absolute atomic E-state index is 0.400. The smallest absolute Gasteiger partial charge is 0.117 e. The Kier molecular flexibility index (Phi) is 3.67. The third kappa shape index (κ3) is 2.88. The monoisotopic (exact) mass is 256 g/mol. The van der Waals surface area contributed by atoms with Crippen molar-refractivity contribution in [2.75, 3.05) is 6.54 Å². The van der Waals surface area contributed by atoms with Crippen LogP contribution in [0.15, 0.2) is 46.9 Å². The average molecular weight is 256 g/mol. The van der Waals surface area contributed by atoms with Crippen molar-refractivity contribution in [1.82, 2.24) is 10.6 Å². The van der Waals surface area contributed by atoms with E-state index in [9.17, 15) is 0 Å². The molecule has 0 saturated carbocycles. The molecule has 100 valence electrons. The van der Waals surface area contributed by atoms with E-state index < -0.39 is 0 Å². The average Bonchev–Trinajstić information content (AvgIpc) is 3.06. The van der Waals surface area contributed by atoms with E-state index in [0.29, 0.717) is 12.1 Å². The second kappa shape index (κ2) is 5.59. The Labute approximate surface area is 114 Å². The number of hydrogen-bond acceptors (Lipinski definition) is 3. The van der Waals surface area contributed by atoms with Crippen LogP contribution in [0.2, 0.25) is 0 Å². The van der Waals surface area contributed by atoms with Crippen molar-refractivity contribution < 1.29 is 4.42 Å². The third-order valence-corrected chi connectivity index (χ3v) is 3.72. The van der Waals surface area contributed by atoms with Crippen LogP contribution in [0.3, 0.4) is 0 Å². The quantitative estimate of drug-likeness (QED) is 0.883. The summed E-state index contributed by atoms with van der Waals surface area (Å²) in [5.41, 5.74) is 1.35.